The second kappa shape index (κ2) is 3.44. The number of aryl methyl sites for hydroxylation is 1. The summed E-state index contributed by atoms with van der Waals surface area (Å²) >= 11 is 0. The molecule has 0 saturated heterocycles. The van der Waals surface area contributed by atoms with Crippen LogP contribution < -0.4 is 11.3 Å². The van der Waals surface area contributed by atoms with Crippen molar-refractivity contribution in [1.29, 1.82) is 0 Å². The van der Waals surface area contributed by atoms with E-state index >= 15 is 0 Å². The SMILES string of the molecule is Cn1[nH]cc(C[C@H](N)C(=O)O)c1=O. The highest BCUT2D eigenvalue weighted by atomic mass is 16.4. The molecule has 0 saturated carbocycles. The molecule has 0 unspecified atom stereocenters. The fourth-order valence-electron chi connectivity index (χ4n) is 0.981. The molecular formula is C7H11N3O3. The number of hydrogen-bond donors (Lipinski definition) is 3. The van der Waals surface area contributed by atoms with E-state index in [0.29, 0.717) is 5.56 Å². The lowest BCUT2D eigenvalue weighted by molar-refractivity contribution is -0.138. The Balaban J connectivity index is 2.81. The number of carboxylic acid groups (broad SMARTS) is 1. The quantitative estimate of drug-likeness (QED) is 0.543. The number of nitrogens with zero attached hydrogens (tertiary/aromatic N) is 1. The van der Waals surface area contributed by atoms with Gasteiger partial charge in [0, 0.05) is 25.2 Å². The average Bonchev–Trinajstić information content (AvgIpc) is 2.36. The van der Waals surface area contributed by atoms with E-state index in [1.165, 1.54) is 10.9 Å². The molecule has 0 aliphatic carbocycles. The summed E-state index contributed by atoms with van der Waals surface area (Å²) in [5, 5.41) is 11.1. The van der Waals surface area contributed by atoms with E-state index < -0.39 is 12.0 Å². The molecule has 0 aliphatic rings. The predicted molar refractivity (Wildman–Crippen MR) is 45.3 cm³/mol. The standard InChI is InChI=1S/C7H11N3O3/c1-10-6(11)4(3-9-10)2-5(8)7(12)13/h3,5,9H,2,8H2,1H3,(H,12,13)/t5-/m0/s1. The van der Waals surface area contributed by atoms with Gasteiger partial charge >= 0.3 is 5.97 Å². The van der Waals surface area contributed by atoms with Crippen molar-refractivity contribution in [3.63, 3.8) is 0 Å². The number of nitrogens with one attached hydrogen (secondary N) is 1. The lowest BCUT2D eigenvalue weighted by Crippen LogP contribution is -2.34. The third-order valence-electron chi connectivity index (χ3n) is 1.77. The molecule has 0 amide bonds. The molecule has 1 atom stereocenters. The molecular weight excluding hydrogens is 174 g/mol. The van der Waals surface area contributed by atoms with E-state index in [2.05, 4.69) is 5.10 Å². The molecule has 0 bridgehead atoms. The summed E-state index contributed by atoms with van der Waals surface area (Å²) < 4.78 is 1.27. The molecule has 6 nitrogen and oxygen atoms in total. The lowest BCUT2D eigenvalue weighted by Gasteiger charge is -2.01. The number of rotatable bonds is 3. The van der Waals surface area contributed by atoms with Crippen LogP contribution in [-0.2, 0) is 18.3 Å². The van der Waals surface area contributed by atoms with E-state index in [0.717, 1.165) is 0 Å². The van der Waals surface area contributed by atoms with Crippen LogP contribution in [0.25, 0.3) is 0 Å². The van der Waals surface area contributed by atoms with Crippen LogP contribution in [0.1, 0.15) is 5.56 Å². The van der Waals surface area contributed by atoms with Gasteiger partial charge in [-0.2, -0.15) is 0 Å². The summed E-state index contributed by atoms with van der Waals surface area (Å²) in [4.78, 5) is 21.6. The Labute approximate surface area is 74.0 Å². The zero-order chi connectivity index (χ0) is 10.0. The number of aliphatic carboxylic acids is 1. The minimum Gasteiger partial charge on any atom is -0.480 e. The smallest absolute Gasteiger partial charge is 0.320 e. The van der Waals surface area contributed by atoms with Crippen molar-refractivity contribution in [2.24, 2.45) is 12.8 Å². The molecule has 0 aromatic carbocycles. The Morgan fingerprint density at radius 2 is 2.46 bits per heavy atom. The van der Waals surface area contributed by atoms with Gasteiger partial charge in [0.2, 0.25) is 0 Å². The largest absolute Gasteiger partial charge is 0.480 e. The molecule has 0 aliphatic heterocycles. The van der Waals surface area contributed by atoms with Crippen molar-refractivity contribution in [1.82, 2.24) is 9.78 Å². The van der Waals surface area contributed by atoms with Crippen molar-refractivity contribution < 1.29 is 9.90 Å². The number of aromatic nitrogens is 2. The first kappa shape index (κ1) is 9.53. The van der Waals surface area contributed by atoms with E-state index in [9.17, 15) is 9.59 Å². The molecule has 0 fully saturated rings. The lowest BCUT2D eigenvalue weighted by atomic mass is 10.1. The van der Waals surface area contributed by atoms with Crippen LogP contribution in [0.5, 0.6) is 0 Å². The van der Waals surface area contributed by atoms with E-state index in [1.807, 2.05) is 0 Å². The van der Waals surface area contributed by atoms with Crippen molar-refractivity contribution in [2.75, 3.05) is 0 Å². The number of carbonyl (C=O) groups is 1. The van der Waals surface area contributed by atoms with Gasteiger partial charge < -0.3 is 15.9 Å². The summed E-state index contributed by atoms with van der Waals surface area (Å²) in [5.74, 6) is -1.11. The van der Waals surface area contributed by atoms with E-state index in [1.54, 1.807) is 7.05 Å². The van der Waals surface area contributed by atoms with Crippen LogP contribution in [0.15, 0.2) is 11.0 Å². The highest BCUT2D eigenvalue weighted by molar-refractivity contribution is 5.73. The van der Waals surface area contributed by atoms with Gasteiger partial charge in [-0.15, -0.1) is 0 Å². The Hall–Kier alpha value is -1.56. The van der Waals surface area contributed by atoms with Crippen molar-refractivity contribution >= 4 is 5.97 Å². The first-order valence-corrected chi connectivity index (χ1v) is 3.74. The van der Waals surface area contributed by atoms with Crippen LogP contribution in [0.3, 0.4) is 0 Å². The second-order valence-electron chi connectivity index (χ2n) is 2.81. The first-order chi connectivity index (χ1) is 6.02. The normalized spacial score (nSPS) is 12.8. The van der Waals surface area contributed by atoms with Crippen LogP contribution in [-0.4, -0.2) is 26.9 Å². The summed E-state index contributed by atoms with van der Waals surface area (Å²) in [6.07, 6.45) is 1.51. The van der Waals surface area contributed by atoms with Crippen LogP contribution in [0.2, 0.25) is 0 Å². The topological polar surface area (TPSA) is 101 Å². The number of H-pyrrole nitrogens is 1. The molecule has 1 heterocycles. The fraction of sp³-hybridized carbons (Fsp3) is 0.429. The van der Waals surface area contributed by atoms with Crippen LogP contribution in [0, 0.1) is 0 Å². The number of carboxylic acids is 1. The molecule has 1 rings (SSSR count). The van der Waals surface area contributed by atoms with Gasteiger partial charge in [-0.1, -0.05) is 0 Å². The average molecular weight is 185 g/mol. The number of aromatic amines is 1. The second-order valence-corrected chi connectivity index (χ2v) is 2.81. The van der Waals surface area contributed by atoms with Gasteiger partial charge in [0.1, 0.15) is 6.04 Å². The Morgan fingerprint density at radius 3 is 2.85 bits per heavy atom. The molecule has 4 N–H and O–H groups in total. The van der Waals surface area contributed by atoms with E-state index in [-0.39, 0.29) is 12.0 Å². The zero-order valence-electron chi connectivity index (χ0n) is 7.15. The Bertz CT molecular complexity index is 365. The van der Waals surface area contributed by atoms with Crippen LogP contribution in [0.4, 0.5) is 0 Å². The van der Waals surface area contributed by atoms with Gasteiger partial charge in [-0.3, -0.25) is 14.3 Å². The molecule has 0 spiro atoms. The van der Waals surface area contributed by atoms with Crippen molar-refractivity contribution in [3.8, 4) is 0 Å². The number of hydrogen-bond acceptors (Lipinski definition) is 3. The fourth-order valence-corrected chi connectivity index (χ4v) is 0.981. The first-order valence-electron chi connectivity index (χ1n) is 3.74. The molecule has 1 aromatic heterocycles. The minimum atomic E-state index is -1.11. The maximum Gasteiger partial charge on any atom is 0.320 e. The minimum absolute atomic E-state index is 0.0471. The zero-order valence-corrected chi connectivity index (χ0v) is 7.15. The predicted octanol–water partition coefficient (Wildman–Crippen LogP) is -1.33. The number of nitrogens with two attached hydrogens (primary N) is 1. The highest BCUT2D eigenvalue weighted by Gasteiger charge is 2.15. The van der Waals surface area contributed by atoms with Gasteiger partial charge in [0.25, 0.3) is 5.56 Å². The third-order valence-corrected chi connectivity index (χ3v) is 1.77. The maximum absolute atomic E-state index is 11.2. The summed E-state index contributed by atoms with van der Waals surface area (Å²) in [6, 6.07) is -1.02. The van der Waals surface area contributed by atoms with E-state index in [4.69, 9.17) is 10.8 Å². The summed E-state index contributed by atoms with van der Waals surface area (Å²) in [5.41, 5.74) is 5.41. The maximum atomic E-state index is 11.2. The Morgan fingerprint density at radius 1 is 1.85 bits per heavy atom. The molecule has 1 aromatic rings. The van der Waals surface area contributed by atoms with Gasteiger partial charge in [-0.25, -0.2) is 0 Å². The molecule has 72 valence electrons. The third kappa shape index (κ3) is 1.97. The van der Waals surface area contributed by atoms with Crippen molar-refractivity contribution in [2.45, 2.75) is 12.5 Å². The van der Waals surface area contributed by atoms with Crippen molar-refractivity contribution in [3.05, 3.63) is 22.1 Å². The monoisotopic (exact) mass is 185 g/mol. The van der Waals surface area contributed by atoms with Gasteiger partial charge in [0.05, 0.1) is 0 Å². The summed E-state index contributed by atoms with van der Waals surface area (Å²) in [6.45, 7) is 0. The Kier molecular flexibility index (Phi) is 2.52. The molecule has 0 radical (unpaired) electrons. The highest BCUT2D eigenvalue weighted by Crippen LogP contribution is 1.94. The van der Waals surface area contributed by atoms with Crippen LogP contribution >= 0.6 is 0 Å². The van der Waals surface area contributed by atoms with Gasteiger partial charge in [0.15, 0.2) is 0 Å². The molecule has 13 heavy (non-hydrogen) atoms. The van der Waals surface area contributed by atoms with Gasteiger partial charge in [-0.05, 0) is 0 Å². The summed E-state index contributed by atoms with van der Waals surface area (Å²) in [7, 11) is 1.55. The molecule has 6 heteroatoms.